The lowest BCUT2D eigenvalue weighted by Crippen LogP contribution is -2.48. The Balaban J connectivity index is 1.91. The summed E-state index contributed by atoms with van der Waals surface area (Å²) in [5, 5.41) is 38.2. The Morgan fingerprint density at radius 1 is 1.41 bits per heavy atom. The summed E-state index contributed by atoms with van der Waals surface area (Å²) in [6.45, 7) is -1.24. The van der Waals surface area contributed by atoms with Gasteiger partial charge in [-0.25, -0.2) is 5.48 Å². The molecule has 7 N–H and O–H groups in total. The predicted molar refractivity (Wildman–Crippen MR) is 73.2 cm³/mol. The van der Waals surface area contributed by atoms with Crippen molar-refractivity contribution in [1.82, 2.24) is 5.48 Å². The van der Waals surface area contributed by atoms with Crippen molar-refractivity contribution in [1.29, 1.82) is 0 Å². The molecule has 0 aliphatic carbocycles. The van der Waals surface area contributed by atoms with Gasteiger partial charge in [0.2, 0.25) is 5.79 Å². The quantitative estimate of drug-likeness (QED) is 0.263. The monoisotopic (exact) mass is 314 g/mol. The van der Waals surface area contributed by atoms with E-state index in [2.05, 4.69) is 0 Å². The van der Waals surface area contributed by atoms with Gasteiger partial charge in [-0.15, -0.1) is 0 Å². The molecule has 1 unspecified atom stereocenters. The maximum atomic E-state index is 11.8. The highest BCUT2D eigenvalue weighted by Crippen LogP contribution is 2.29. The van der Waals surface area contributed by atoms with Crippen LogP contribution >= 0.6 is 0 Å². The van der Waals surface area contributed by atoms with E-state index >= 15 is 0 Å². The number of hydrogen-bond acceptors (Lipinski definition) is 8. The SMILES string of the molecule is Nc1ccccc1C(=O)NOCC1(O)O[C@H](CO)[C@@H](O)[C@@H]1O. The van der Waals surface area contributed by atoms with Crippen LogP contribution in [0.4, 0.5) is 5.69 Å². The number of nitrogen functional groups attached to an aromatic ring is 1. The molecule has 0 bridgehead atoms. The Kier molecular flexibility index (Phi) is 4.96. The lowest BCUT2D eigenvalue weighted by molar-refractivity contribution is -0.260. The van der Waals surface area contributed by atoms with Crippen LogP contribution in [0.1, 0.15) is 10.4 Å². The van der Waals surface area contributed by atoms with E-state index in [0.29, 0.717) is 0 Å². The molecule has 0 aromatic heterocycles. The number of nitrogens with one attached hydrogen (secondary N) is 1. The molecule has 9 heteroatoms. The Bertz CT molecular complexity index is 541. The summed E-state index contributed by atoms with van der Waals surface area (Å²) in [6, 6.07) is 6.30. The average Bonchev–Trinajstić information content (AvgIpc) is 2.72. The Morgan fingerprint density at radius 2 is 2.09 bits per heavy atom. The molecule has 1 aliphatic heterocycles. The van der Waals surface area contributed by atoms with Gasteiger partial charge in [-0.2, -0.15) is 0 Å². The van der Waals surface area contributed by atoms with Gasteiger partial charge in [0.05, 0.1) is 12.2 Å². The molecule has 0 spiro atoms. The number of para-hydroxylation sites is 1. The van der Waals surface area contributed by atoms with Crippen LogP contribution in [-0.2, 0) is 9.57 Å². The van der Waals surface area contributed by atoms with Crippen molar-refractivity contribution in [2.24, 2.45) is 0 Å². The van der Waals surface area contributed by atoms with Crippen molar-refractivity contribution < 1.29 is 34.8 Å². The minimum Gasteiger partial charge on any atom is -0.398 e. The molecule has 1 amide bonds. The Labute approximate surface area is 125 Å². The largest absolute Gasteiger partial charge is 0.398 e. The smallest absolute Gasteiger partial charge is 0.276 e. The molecular formula is C13H18N2O7. The third-order valence-electron chi connectivity index (χ3n) is 3.35. The first-order chi connectivity index (χ1) is 10.4. The molecule has 2 rings (SSSR count). The molecule has 22 heavy (non-hydrogen) atoms. The standard InChI is InChI=1S/C13H18N2O7/c14-8-4-2-1-3-7(8)12(19)15-21-6-13(20)11(18)10(17)9(5-16)22-13/h1-4,9-11,16-18,20H,5-6,14H2,(H,15,19)/t9-,10-,11+,13?/m1/s1. The highest BCUT2D eigenvalue weighted by molar-refractivity contribution is 5.98. The second-order valence-corrected chi connectivity index (χ2v) is 4.93. The fourth-order valence-corrected chi connectivity index (χ4v) is 2.10. The summed E-state index contributed by atoms with van der Waals surface area (Å²) < 4.78 is 4.94. The van der Waals surface area contributed by atoms with Gasteiger partial charge < -0.3 is 30.9 Å². The summed E-state index contributed by atoms with van der Waals surface area (Å²) in [4.78, 5) is 16.6. The van der Waals surface area contributed by atoms with E-state index in [0.717, 1.165) is 0 Å². The number of aliphatic hydroxyl groups excluding tert-OH is 3. The maximum absolute atomic E-state index is 11.8. The first-order valence-corrected chi connectivity index (χ1v) is 6.53. The highest BCUT2D eigenvalue weighted by atomic mass is 16.7. The second kappa shape index (κ2) is 6.57. The van der Waals surface area contributed by atoms with Gasteiger partial charge in [0, 0.05) is 5.69 Å². The number of rotatable bonds is 5. The van der Waals surface area contributed by atoms with Crippen LogP contribution < -0.4 is 11.2 Å². The third kappa shape index (κ3) is 3.19. The van der Waals surface area contributed by atoms with Crippen LogP contribution in [0.15, 0.2) is 24.3 Å². The van der Waals surface area contributed by atoms with Crippen molar-refractivity contribution in [3.05, 3.63) is 29.8 Å². The molecular weight excluding hydrogens is 296 g/mol. The van der Waals surface area contributed by atoms with Gasteiger partial charge in [-0.05, 0) is 12.1 Å². The van der Waals surface area contributed by atoms with Gasteiger partial charge in [0.15, 0.2) is 0 Å². The topological polar surface area (TPSA) is 154 Å². The van der Waals surface area contributed by atoms with Crippen molar-refractivity contribution in [2.75, 3.05) is 18.9 Å². The zero-order valence-corrected chi connectivity index (χ0v) is 11.5. The number of aliphatic hydroxyl groups is 4. The van der Waals surface area contributed by atoms with E-state index in [1.165, 1.54) is 12.1 Å². The fourth-order valence-electron chi connectivity index (χ4n) is 2.10. The summed E-state index contributed by atoms with van der Waals surface area (Å²) in [5.41, 5.74) is 8.09. The summed E-state index contributed by atoms with van der Waals surface area (Å²) in [6.07, 6.45) is -4.31. The van der Waals surface area contributed by atoms with Crippen molar-refractivity contribution in [3.8, 4) is 0 Å². The zero-order valence-electron chi connectivity index (χ0n) is 11.5. The lowest BCUT2D eigenvalue weighted by atomic mass is 10.1. The van der Waals surface area contributed by atoms with Crippen molar-refractivity contribution in [2.45, 2.75) is 24.1 Å². The number of carbonyl (C=O) groups is 1. The lowest BCUT2D eigenvalue weighted by Gasteiger charge is -2.25. The second-order valence-electron chi connectivity index (χ2n) is 4.93. The number of amides is 1. The van der Waals surface area contributed by atoms with E-state index in [-0.39, 0.29) is 11.3 Å². The van der Waals surface area contributed by atoms with Gasteiger partial charge in [-0.1, -0.05) is 12.1 Å². The van der Waals surface area contributed by atoms with Crippen LogP contribution in [0.5, 0.6) is 0 Å². The van der Waals surface area contributed by atoms with Crippen LogP contribution in [0.25, 0.3) is 0 Å². The molecule has 1 fully saturated rings. The number of nitrogens with two attached hydrogens (primary N) is 1. The van der Waals surface area contributed by atoms with Crippen LogP contribution in [0.3, 0.4) is 0 Å². The first kappa shape index (κ1) is 16.6. The van der Waals surface area contributed by atoms with Crippen LogP contribution in [-0.4, -0.2) is 63.6 Å². The fraction of sp³-hybridized carbons (Fsp3) is 0.462. The molecule has 122 valence electrons. The van der Waals surface area contributed by atoms with Gasteiger partial charge in [-0.3, -0.25) is 9.63 Å². The van der Waals surface area contributed by atoms with Gasteiger partial charge in [0.25, 0.3) is 5.91 Å². The number of ether oxygens (including phenoxy) is 1. The third-order valence-corrected chi connectivity index (χ3v) is 3.35. The predicted octanol–water partition coefficient (Wildman–Crippen LogP) is -2.27. The molecule has 1 aliphatic rings. The minimum atomic E-state index is -2.25. The normalized spacial score (nSPS) is 31.2. The van der Waals surface area contributed by atoms with E-state index in [1.54, 1.807) is 12.1 Å². The molecule has 0 saturated carbocycles. The van der Waals surface area contributed by atoms with E-state index in [1.807, 2.05) is 5.48 Å². The molecule has 1 aromatic rings. The number of hydrogen-bond donors (Lipinski definition) is 6. The summed E-state index contributed by atoms with van der Waals surface area (Å²) >= 11 is 0. The van der Waals surface area contributed by atoms with Crippen molar-refractivity contribution in [3.63, 3.8) is 0 Å². The zero-order chi connectivity index (χ0) is 16.3. The summed E-state index contributed by atoms with van der Waals surface area (Å²) in [7, 11) is 0. The molecule has 0 radical (unpaired) electrons. The molecule has 1 heterocycles. The molecule has 4 atom stereocenters. The maximum Gasteiger partial charge on any atom is 0.276 e. The number of carbonyl (C=O) groups excluding carboxylic acids is 1. The minimum absolute atomic E-state index is 0.177. The van der Waals surface area contributed by atoms with Crippen molar-refractivity contribution >= 4 is 11.6 Å². The summed E-state index contributed by atoms with van der Waals surface area (Å²) in [5.74, 6) is -2.89. The molecule has 1 aromatic carbocycles. The van der Waals surface area contributed by atoms with E-state index < -0.39 is 43.2 Å². The van der Waals surface area contributed by atoms with E-state index in [4.69, 9.17) is 20.4 Å². The Hall–Kier alpha value is -1.75. The Morgan fingerprint density at radius 3 is 2.68 bits per heavy atom. The molecule has 1 saturated heterocycles. The first-order valence-electron chi connectivity index (χ1n) is 6.53. The van der Waals surface area contributed by atoms with Crippen LogP contribution in [0.2, 0.25) is 0 Å². The van der Waals surface area contributed by atoms with Gasteiger partial charge in [0.1, 0.15) is 24.9 Å². The molecule has 9 nitrogen and oxygen atoms in total. The van der Waals surface area contributed by atoms with Gasteiger partial charge >= 0.3 is 0 Å². The number of anilines is 1. The highest BCUT2D eigenvalue weighted by Gasteiger charge is 2.53. The van der Waals surface area contributed by atoms with Crippen LogP contribution in [0, 0.1) is 0 Å². The number of hydroxylamine groups is 1. The van der Waals surface area contributed by atoms with E-state index in [9.17, 15) is 20.1 Å². The average molecular weight is 314 g/mol. The number of benzene rings is 1.